The highest BCUT2D eigenvalue weighted by molar-refractivity contribution is 5.93. The number of H-pyrrole nitrogens is 1. The first-order valence-electron chi connectivity index (χ1n) is 8.98. The van der Waals surface area contributed by atoms with Crippen LogP contribution >= 0.6 is 0 Å². The molecule has 7 nitrogen and oxygen atoms in total. The average molecular weight is 356 g/mol. The third-order valence-corrected chi connectivity index (χ3v) is 5.24. The molecule has 2 atom stereocenters. The van der Waals surface area contributed by atoms with E-state index in [1.54, 1.807) is 7.11 Å². The lowest BCUT2D eigenvalue weighted by Crippen LogP contribution is -2.62. The van der Waals surface area contributed by atoms with Gasteiger partial charge in [-0.25, -0.2) is 0 Å². The minimum absolute atomic E-state index is 0.00450. The van der Waals surface area contributed by atoms with Crippen molar-refractivity contribution in [2.75, 3.05) is 40.0 Å². The first-order chi connectivity index (χ1) is 12.7. The van der Waals surface area contributed by atoms with Gasteiger partial charge in [0.2, 0.25) is 0 Å². The molecule has 2 saturated heterocycles. The number of amides is 1. The van der Waals surface area contributed by atoms with E-state index in [9.17, 15) is 4.79 Å². The molecule has 1 aromatic heterocycles. The Morgan fingerprint density at radius 1 is 1.27 bits per heavy atom. The zero-order chi connectivity index (χ0) is 18.1. The maximum absolute atomic E-state index is 12.9. The molecular formula is C19H24N4O3. The fourth-order valence-electron chi connectivity index (χ4n) is 3.76. The summed E-state index contributed by atoms with van der Waals surface area (Å²) < 4.78 is 10.8. The fourth-order valence-corrected chi connectivity index (χ4v) is 3.76. The Kier molecular flexibility index (Phi) is 4.65. The van der Waals surface area contributed by atoms with Crippen LogP contribution in [0.2, 0.25) is 0 Å². The second-order valence-corrected chi connectivity index (χ2v) is 6.92. The lowest BCUT2D eigenvalue weighted by molar-refractivity contribution is -0.0700. The predicted octanol–water partition coefficient (Wildman–Crippen LogP) is 1.63. The van der Waals surface area contributed by atoms with Crippen molar-refractivity contribution in [3.05, 3.63) is 36.0 Å². The van der Waals surface area contributed by atoms with Gasteiger partial charge < -0.3 is 14.4 Å². The number of rotatable bonds is 3. The van der Waals surface area contributed by atoms with Crippen LogP contribution in [0.4, 0.5) is 0 Å². The number of morpholine rings is 1. The van der Waals surface area contributed by atoms with Gasteiger partial charge in [-0.3, -0.25) is 14.8 Å². The Morgan fingerprint density at radius 2 is 2.08 bits per heavy atom. The summed E-state index contributed by atoms with van der Waals surface area (Å²) in [5, 5.41) is 7.20. The van der Waals surface area contributed by atoms with Gasteiger partial charge >= 0.3 is 0 Å². The minimum Gasteiger partial charge on any atom is -0.497 e. The number of hydrogen-bond acceptors (Lipinski definition) is 5. The molecule has 26 heavy (non-hydrogen) atoms. The van der Waals surface area contributed by atoms with E-state index in [0.29, 0.717) is 24.9 Å². The van der Waals surface area contributed by atoms with E-state index < -0.39 is 0 Å². The van der Waals surface area contributed by atoms with Gasteiger partial charge in [0.25, 0.3) is 5.91 Å². The molecule has 4 rings (SSSR count). The summed E-state index contributed by atoms with van der Waals surface area (Å²) in [4.78, 5) is 17.2. The average Bonchev–Trinajstić information content (AvgIpc) is 3.17. The first kappa shape index (κ1) is 17.1. The quantitative estimate of drug-likeness (QED) is 0.905. The molecule has 0 unspecified atom stereocenters. The standard InChI is InChI=1S/C19H24N4O3/c1-13-11-26-12-15-10-22(7-8-23(13)15)19(24)18-9-17(20-21-18)14-3-5-16(25-2)6-4-14/h3-6,9,13,15H,7-8,10-12H2,1-2H3,(H,20,21)/t13-,15+/m0/s1. The van der Waals surface area contributed by atoms with Crippen LogP contribution < -0.4 is 4.74 Å². The lowest BCUT2D eigenvalue weighted by atomic mass is 10.1. The molecule has 138 valence electrons. The number of hydrogen-bond donors (Lipinski definition) is 1. The number of piperazine rings is 1. The highest BCUT2D eigenvalue weighted by Crippen LogP contribution is 2.23. The maximum Gasteiger partial charge on any atom is 0.271 e. The van der Waals surface area contributed by atoms with Gasteiger partial charge in [-0.05, 0) is 37.3 Å². The fraction of sp³-hybridized carbons (Fsp3) is 0.474. The van der Waals surface area contributed by atoms with Gasteiger partial charge in [0.1, 0.15) is 11.4 Å². The van der Waals surface area contributed by atoms with Gasteiger partial charge in [-0.2, -0.15) is 5.10 Å². The van der Waals surface area contributed by atoms with E-state index >= 15 is 0 Å². The highest BCUT2D eigenvalue weighted by Gasteiger charge is 2.35. The molecule has 2 aliphatic heterocycles. The summed E-state index contributed by atoms with van der Waals surface area (Å²) in [5.74, 6) is 0.789. The van der Waals surface area contributed by atoms with Crippen LogP contribution in [-0.4, -0.2) is 77.9 Å². The third kappa shape index (κ3) is 3.20. The Labute approximate surface area is 152 Å². The Hall–Kier alpha value is -2.38. The van der Waals surface area contributed by atoms with E-state index in [0.717, 1.165) is 36.7 Å². The third-order valence-electron chi connectivity index (χ3n) is 5.24. The summed E-state index contributed by atoms with van der Waals surface area (Å²) in [6.07, 6.45) is 0. The monoisotopic (exact) mass is 356 g/mol. The summed E-state index contributed by atoms with van der Waals surface area (Å²) in [6, 6.07) is 10.1. The minimum atomic E-state index is -0.00450. The number of benzene rings is 1. The number of carbonyl (C=O) groups is 1. The molecule has 0 bridgehead atoms. The Bertz CT molecular complexity index is 773. The topological polar surface area (TPSA) is 70.7 Å². The molecular weight excluding hydrogens is 332 g/mol. The number of aromatic amines is 1. The molecule has 2 aliphatic rings. The molecule has 1 amide bonds. The van der Waals surface area contributed by atoms with Gasteiger partial charge in [-0.15, -0.1) is 0 Å². The smallest absolute Gasteiger partial charge is 0.271 e. The SMILES string of the molecule is COc1ccc(-c2cc(C(=O)N3CCN4[C@@H](COC[C@@H]4C)C3)[nH]n2)cc1. The number of methoxy groups -OCH3 is 1. The van der Waals surface area contributed by atoms with Gasteiger partial charge in [-0.1, -0.05) is 0 Å². The van der Waals surface area contributed by atoms with E-state index in [4.69, 9.17) is 9.47 Å². The summed E-state index contributed by atoms with van der Waals surface area (Å²) in [7, 11) is 1.64. The molecule has 3 heterocycles. The van der Waals surface area contributed by atoms with E-state index in [2.05, 4.69) is 22.0 Å². The van der Waals surface area contributed by atoms with Crippen LogP contribution in [0.3, 0.4) is 0 Å². The summed E-state index contributed by atoms with van der Waals surface area (Å²) in [6.45, 7) is 5.96. The molecule has 0 spiro atoms. The Morgan fingerprint density at radius 3 is 2.85 bits per heavy atom. The summed E-state index contributed by atoms with van der Waals surface area (Å²) >= 11 is 0. The van der Waals surface area contributed by atoms with Crippen LogP contribution in [0.5, 0.6) is 5.75 Å². The first-order valence-corrected chi connectivity index (χ1v) is 8.98. The number of carbonyl (C=O) groups excluding carboxylic acids is 1. The second kappa shape index (κ2) is 7.09. The number of nitrogens with one attached hydrogen (secondary N) is 1. The van der Waals surface area contributed by atoms with Crippen molar-refractivity contribution in [3.63, 3.8) is 0 Å². The molecule has 0 saturated carbocycles. The molecule has 7 heteroatoms. The Balaban J connectivity index is 1.46. The largest absolute Gasteiger partial charge is 0.497 e. The maximum atomic E-state index is 12.9. The van der Waals surface area contributed by atoms with Crippen LogP contribution in [0.1, 0.15) is 17.4 Å². The van der Waals surface area contributed by atoms with Gasteiger partial charge in [0.05, 0.1) is 32.1 Å². The van der Waals surface area contributed by atoms with Crippen LogP contribution in [0.15, 0.2) is 30.3 Å². The van der Waals surface area contributed by atoms with Crippen molar-refractivity contribution >= 4 is 5.91 Å². The zero-order valence-electron chi connectivity index (χ0n) is 15.1. The number of ether oxygens (including phenoxy) is 2. The van der Waals surface area contributed by atoms with E-state index in [1.165, 1.54) is 0 Å². The van der Waals surface area contributed by atoms with Crippen LogP contribution in [-0.2, 0) is 4.74 Å². The summed E-state index contributed by atoms with van der Waals surface area (Å²) in [5.41, 5.74) is 2.22. The van der Waals surface area contributed by atoms with Crippen molar-refractivity contribution in [1.29, 1.82) is 0 Å². The molecule has 1 aromatic carbocycles. The molecule has 2 aromatic rings. The van der Waals surface area contributed by atoms with Crippen molar-refractivity contribution in [2.24, 2.45) is 0 Å². The van der Waals surface area contributed by atoms with Gasteiger partial charge in [0.15, 0.2) is 0 Å². The molecule has 0 radical (unpaired) electrons. The number of aromatic nitrogens is 2. The normalized spacial score (nSPS) is 23.5. The van der Waals surface area contributed by atoms with E-state index in [1.807, 2.05) is 35.2 Å². The second-order valence-electron chi connectivity index (χ2n) is 6.92. The van der Waals surface area contributed by atoms with Crippen molar-refractivity contribution < 1.29 is 14.3 Å². The van der Waals surface area contributed by atoms with E-state index in [-0.39, 0.29) is 11.9 Å². The number of fused-ring (bicyclic) bond motifs is 1. The number of nitrogens with zero attached hydrogens (tertiary/aromatic N) is 3. The van der Waals surface area contributed by atoms with Crippen molar-refractivity contribution in [3.8, 4) is 17.0 Å². The molecule has 1 N–H and O–H groups in total. The molecule has 2 fully saturated rings. The van der Waals surface area contributed by atoms with Crippen molar-refractivity contribution in [1.82, 2.24) is 20.0 Å². The van der Waals surface area contributed by atoms with Gasteiger partial charge in [0, 0.05) is 31.2 Å². The highest BCUT2D eigenvalue weighted by atomic mass is 16.5. The molecule has 0 aliphatic carbocycles. The lowest BCUT2D eigenvalue weighted by Gasteiger charge is -2.46. The zero-order valence-corrected chi connectivity index (χ0v) is 15.1. The van der Waals surface area contributed by atoms with Crippen molar-refractivity contribution in [2.45, 2.75) is 19.0 Å². The van der Waals surface area contributed by atoms with Crippen LogP contribution in [0.25, 0.3) is 11.3 Å². The van der Waals surface area contributed by atoms with Crippen LogP contribution in [0, 0.1) is 0 Å². The predicted molar refractivity (Wildman–Crippen MR) is 97.3 cm³/mol.